The fourth-order valence-corrected chi connectivity index (χ4v) is 1.81. The number of nitrogens with one attached hydrogen (secondary N) is 2. The molecular formula is C10H21N3OS. The third kappa shape index (κ3) is 5.28. The lowest BCUT2D eigenvalue weighted by Gasteiger charge is -2.14. The minimum atomic E-state index is 0.365. The average Bonchev–Trinajstić information content (AvgIpc) is 2.76. The lowest BCUT2D eigenvalue weighted by atomic mass is 10.2. The smallest absolute Gasteiger partial charge is 0.191 e. The van der Waals surface area contributed by atoms with Gasteiger partial charge in [0.25, 0.3) is 0 Å². The van der Waals surface area contributed by atoms with E-state index < -0.39 is 0 Å². The van der Waals surface area contributed by atoms with Gasteiger partial charge in [-0.05, 0) is 19.1 Å². The maximum Gasteiger partial charge on any atom is 0.191 e. The summed E-state index contributed by atoms with van der Waals surface area (Å²) in [6.07, 6.45) is 4.81. The van der Waals surface area contributed by atoms with E-state index in [-0.39, 0.29) is 0 Å². The van der Waals surface area contributed by atoms with Gasteiger partial charge in [-0.2, -0.15) is 11.8 Å². The van der Waals surface area contributed by atoms with Crippen molar-refractivity contribution in [2.24, 2.45) is 4.99 Å². The van der Waals surface area contributed by atoms with Crippen LogP contribution in [0.4, 0.5) is 0 Å². The Morgan fingerprint density at radius 2 is 2.40 bits per heavy atom. The minimum absolute atomic E-state index is 0.365. The van der Waals surface area contributed by atoms with Crippen LogP contribution in [0, 0.1) is 0 Å². The highest BCUT2D eigenvalue weighted by molar-refractivity contribution is 7.98. The third-order valence-electron chi connectivity index (χ3n) is 2.34. The molecular weight excluding hydrogens is 210 g/mol. The second kappa shape index (κ2) is 7.82. The second-order valence-corrected chi connectivity index (χ2v) is 4.49. The van der Waals surface area contributed by atoms with Crippen LogP contribution < -0.4 is 10.6 Å². The Morgan fingerprint density at radius 3 is 3.00 bits per heavy atom. The molecule has 0 spiro atoms. The Bertz CT molecular complexity index is 193. The normalized spacial score (nSPS) is 21.7. The van der Waals surface area contributed by atoms with Crippen LogP contribution in [0.5, 0.6) is 0 Å². The van der Waals surface area contributed by atoms with Gasteiger partial charge in [0.1, 0.15) is 0 Å². The van der Waals surface area contributed by atoms with E-state index >= 15 is 0 Å². The standard InChI is InChI=1S/C10H21N3OS/c1-11-10(12-5-7-15-2)13-8-9-4-3-6-14-9/h9H,3-8H2,1-2H3,(H2,11,12,13). The fraction of sp³-hybridized carbons (Fsp3) is 0.900. The summed E-state index contributed by atoms with van der Waals surface area (Å²) in [4.78, 5) is 4.15. The fourth-order valence-electron chi connectivity index (χ4n) is 1.51. The van der Waals surface area contributed by atoms with Gasteiger partial charge in [-0.1, -0.05) is 0 Å². The second-order valence-electron chi connectivity index (χ2n) is 3.51. The lowest BCUT2D eigenvalue weighted by molar-refractivity contribution is 0.114. The summed E-state index contributed by atoms with van der Waals surface area (Å²) in [5.74, 6) is 1.97. The molecule has 1 atom stereocenters. The van der Waals surface area contributed by atoms with Gasteiger partial charge in [0.2, 0.25) is 0 Å². The van der Waals surface area contributed by atoms with Crippen LogP contribution in [0.3, 0.4) is 0 Å². The first-order valence-electron chi connectivity index (χ1n) is 5.42. The first kappa shape index (κ1) is 12.6. The van der Waals surface area contributed by atoms with Crippen molar-refractivity contribution in [2.45, 2.75) is 18.9 Å². The van der Waals surface area contributed by atoms with E-state index in [1.54, 1.807) is 7.05 Å². The molecule has 1 heterocycles. The first-order chi connectivity index (χ1) is 7.36. The molecule has 0 aromatic rings. The molecule has 0 amide bonds. The van der Waals surface area contributed by atoms with E-state index in [9.17, 15) is 0 Å². The number of aliphatic imine (C=N–C) groups is 1. The van der Waals surface area contributed by atoms with E-state index in [1.807, 2.05) is 11.8 Å². The van der Waals surface area contributed by atoms with Crippen LogP contribution in [0.25, 0.3) is 0 Å². The largest absolute Gasteiger partial charge is 0.376 e. The molecule has 2 N–H and O–H groups in total. The number of thioether (sulfide) groups is 1. The average molecular weight is 231 g/mol. The molecule has 1 unspecified atom stereocenters. The summed E-state index contributed by atoms with van der Waals surface area (Å²) < 4.78 is 5.52. The predicted molar refractivity (Wildman–Crippen MR) is 66.7 cm³/mol. The summed E-state index contributed by atoms with van der Waals surface area (Å²) in [6, 6.07) is 0. The Hall–Kier alpha value is -0.420. The zero-order chi connectivity index (χ0) is 10.9. The summed E-state index contributed by atoms with van der Waals surface area (Å²) >= 11 is 1.83. The SMILES string of the molecule is CN=C(NCCSC)NCC1CCCO1. The van der Waals surface area contributed by atoms with Crippen molar-refractivity contribution >= 4 is 17.7 Å². The maximum atomic E-state index is 5.52. The number of guanidine groups is 1. The Kier molecular flexibility index (Phi) is 6.59. The summed E-state index contributed by atoms with van der Waals surface area (Å²) in [5.41, 5.74) is 0. The molecule has 1 saturated heterocycles. The first-order valence-corrected chi connectivity index (χ1v) is 6.81. The molecule has 0 aromatic heterocycles. The molecule has 0 aromatic carbocycles. The highest BCUT2D eigenvalue weighted by Crippen LogP contribution is 2.10. The quantitative estimate of drug-likeness (QED) is 0.415. The molecule has 1 fully saturated rings. The Balaban J connectivity index is 2.10. The van der Waals surface area contributed by atoms with Crippen LogP contribution in [0.15, 0.2) is 4.99 Å². The number of hydrogen-bond donors (Lipinski definition) is 2. The van der Waals surface area contributed by atoms with E-state index in [4.69, 9.17) is 4.74 Å². The highest BCUT2D eigenvalue weighted by Gasteiger charge is 2.15. The van der Waals surface area contributed by atoms with Crippen LogP contribution in [0.2, 0.25) is 0 Å². The monoisotopic (exact) mass is 231 g/mol. The van der Waals surface area contributed by atoms with Crippen molar-refractivity contribution in [3.8, 4) is 0 Å². The molecule has 1 aliphatic heterocycles. The molecule has 88 valence electrons. The molecule has 15 heavy (non-hydrogen) atoms. The van der Waals surface area contributed by atoms with Crippen molar-refractivity contribution in [3.05, 3.63) is 0 Å². The zero-order valence-corrected chi connectivity index (χ0v) is 10.4. The minimum Gasteiger partial charge on any atom is -0.376 e. The van der Waals surface area contributed by atoms with Gasteiger partial charge < -0.3 is 15.4 Å². The summed E-state index contributed by atoms with van der Waals surface area (Å²) in [7, 11) is 1.80. The van der Waals surface area contributed by atoms with E-state index in [2.05, 4.69) is 21.9 Å². The number of hydrogen-bond acceptors (Lipinski definition) is 3. The van der Waals surface area contributed by atoms with Gasteiger partial charge in [0, 0.05) is 32.5 Å². The van der Waals surface area contributed by atoms with Gasteiger partial charge in [-0.3, -0.25) is 4.99 Å². The van der Waals surface area contributed by atoms with E-state index in [0.717, 1.165) is 37.8 Å². The van der Waals surface area contributed by atoms with Gasteiger partial charge in [-0.25, -0.2) is 0 Å². The highest BCUT2D eigenvalue weighted by atomic mass is 32.2. The van der Waals surface area contributed by atoms with E-state index in [0.29, 0.717) is 6.10 Å². The van der Waals surface area contributed by atoms with Crippen LogP contribution in [-0.2, 0) is 4.74 Å². The third-order valence-corrected chi connectivity index (χ3v) is 2.96. The number of rotatable bonds is 5. The summed E-state index contributed by atoms with van der Waals surface area (Å²) in [5, 5.41) is 6.53. The van der Waals surface area contributed by atoms with Crippen molar-refractivity contribution in [2.75, 3.05) is 38.8 Å². The molecule has 5 heteroatoms. The molecule has 0 saturated carbocycles. The van der Waals surface area contributed by atoms with Crippen LogP contribution >= 0.6 is 11.8 Å². The topological polar surface area (TPSA) is 45.7 Å². The number of ether oxygens (including phenoxy) is 1. The van der Waals surface area contributed by atoms with Crippen LogP contribution in [0.1, 0.15) is 12.8 Å². The molecule has 1 rings (SSSR count). The molecule has 0 radical (unpaired) electrons. The van der Waals surface area contributed by atoms with Gasteiger partial charge in [-0.15, -0.1) is 0 Å². The predicted octanol–water partition coefficient (Wildman–Crippen LogP) is 0.693. The van der Waals surface area contributed by atoms with Crippen molar-refractivity contribution < 1.29 is 4.74 Å². The van der Waals surface area contributed by atoms with Crippen molar-refractivity contribution in [1.82, 2.24) is 10.6 Å². The van der Waals surface area contributed by atoms with Crippen molar-refractivity contribution in [1.29, 1.82) is 0 Å². The number of nitrogens with zero attached hydrogens (tertiary/aromatic N) is 1. The lowest BCUT2D eigenvalue weighted by Crippen LogP contribution is -2.41. The van der Waals surface area contributed by atoms with Crippen LogP contribution in [-0.4, -0.2) is 50.8 Å². The Morgan fingerprint density at radius 1 is 1.53 bits per heavy atom. The van der Waals surface area contributed by atoms with Gasteiger partial charge >= 0.3 is 0 Å². The molecule has 0 bridgehead atoms. The van der Waals surface area contributed by atoms with Gasteiger partial charge in [0.05, 0.1) is 6.10 Å². The molecule has 4 nitrogen and oxygen atoms in total. The van der Waals surface area contributed by atoms with Gasteiger partial charge in [0.15, 0.2) is 5.96 Å². The molecule has 0 aliphatic carbocycles. The maximum absolute atomic E-state index is 5.52. The Labute approximate surface area is 96.2 Å². The summed E-state index contributed by atoms with van der Waals surface area (Å²) in [6.45, 7) is 2.72. The molecule has 1 aliphatic rings. The zero-order valence-electron chi connectivity index (χ0n) is 9.58. The van der Waals surface area contributed by atoms with E-state index in [1.165, 1.54) is 6.42 Å². The van der Waals surface area contributed by atoms with Crippen molar-refractivity contribution in [3.63, 3.8) is 0 Å².